The molecule has 0 aromatic heterocycles. The summed E-state index contributed by atoms with van der Waals surface area (Å²) in [6.45, 7) is 4.62. The summed E-state index contributed by atoms with van der Waals surface area (Å²) in [5.41, 5.74) is 1.23. The van der Waals surface area contributed by atoms with Crippen molar-refractivity contribution >= 4 is 15.9 Å². The Hall–Kier alpha value is -0.760. The fraction of sp³-hybridized carbons (Fsp3) is 0.556. The summed E-state index contributed by atoms with van der Waals surface area (Å²) in [5, 5.41) is 1.14. The number of unbranched alkanes of at least 4 members (excludes halogenated alkanes) is 6. The predicted molar refractivity (Wildman–Crippen MR) is 92.0 cm³/mol. The first-order chi connectivity index (χ1) is 9.88. The Kier molecular flexibility index (Phi) is 10.4. The van der Waals surface area contributed by atoms with Crippen molar-refractivity contribution in [3.8, 4) is 5.75 Å². The van der Waals surface area contributed by atoms with Gasteiger partial charge in [-0.15, -0.1) is 6.58 Å². The van der Waals surface area contributed by atoms with Crippen molar-refractivity contribution in [1.82, 2.24) is 0 Å². The van der Waals surface area contributed by atoms with E-state index in [2.05, 4.69) is 40.7 Å². The summed E-state index contributed by atoms with van der Waals surface area (Å²) in [6, 6.07) is 8.25. The van der Waals surface area contributed by atoms with Gasteiger partial charge in [-0.3, -0.25) is 0 Å². The molecule has 0 aliphatic rings. The van der Waals surface area contributed by atoms with Crippen LogP contribution in [0.3, 0.4) is 0 Å². The summed E-state index contributed by atoms with van der Waals surface area (Å²) in [5.74, 6) is 1.02. The Morgan fingerprint density at radius 1 is 0.950 bits per heavy atom. The van der Waals surface area contributed by atoms with Crippen molar-refractivity contribution in [3.05, 3.63) is 42.5 Å². The third-order valence-electron chi connectivity index (χ3n) is 3.37. The van der Waals surface area contributed by atoms with Gasteiger partial charge in [0.15, 0.2) is 0 Å². The number of halogens is 1. The number of allylic oxidation sites excluding steroid dienone is 1. The summed E-state index contributed by atoms with van der Waals surface area (Å²) in [7, 11) is 0. The second-order valence-corrected chi connectivity index (χ2v) is 5.91. The molecule has 0 fully saturated rings. The fourth-order valence-corrected chi connectivity index (χ4v) is 2.63. The lowest BCUT2D eigenvalue weighted by Crippen LogP contribution is -2.00. The second kappa shape index (κ2) is 12.0. The van der Waals surface area contributed by atoms with Crippen LogP contribution in [0.4, 0.5) is 0 Å². The van der Waals surface area contributed by atoms with Crippen LogP contribution in [-0.4, -0.2) is 11.9 Å². The van der Waals surface area contributed by atoms with Gasteiger partial charge in [-0.05, 0) is 30.9 Å². The van der Waals surface area contributed by atoms with Gasteiger partial charge in [-0.1, -0.05) is 72.3 Å². The molecule has 0 N–H and O–H groups in total. The predicted octanol–water partition coefficient (Wildman–Crippen LogP) is 5.92. The van der Waals surface area contributed by atoms with Crippen molar-refractivity contribution in [2.24, 2.45) is 0 Å². The zero-order valence-corrected chi connectivity index (χ0v) is 14.0. The molecule has 0 saturated heterocycles. The van der Waals surface area contributed by atoms with E-state index in [-0.39, 0.29) is 0 Å². The van der Waals surface area contributed by atoms with Crippen LogP contribution in [0, 0.1) is 0 Å². The second-order valence-electron chi connectivity index (χ2n) is 5.11. The van der Waals surface area contributed by atoms with Gasteiger partial charge in [-0.2, -0.15) is 0 Å². The number of para-hydroxylation sites is 1. The Morgan fingerprint density at radius 3 is 2.30 bits per heavy atom. The number of ether oxygens (including phenoxy) is 1. The molecule has 112 valence electrons. The molecule has 1 rings (SSSR count). The molecule has 1 nitrogen and oxygen atoms in total. The lowest BCUT2D eigenvalue weighted by Gasteiger charge is -2.10. The topological polar surface area (TPSA) is 9.23 Å². The van der Waals surface area contributed by atoms with E-state index in [1.54, 1.807) is 0 Å². The number of benzene rings is 1. The SMILES string of the molecule is C=CCc1ccccc1OCCCCCCCCCBr. The highest BCUT2D eigenvalue weighted by atomic mass is 79.9. The van der Waals surface area contributed by atoms with Crippen LogP contribution in [-0.2, 0) is 6.42 Å². The highest BCUT2D eigenvalue weighted by molar-refractivity contribution is 9.09. The highest BCUT2D eigenvalue weighted by Crippen LogP contribution is 2.19. The normalized spacial score (nSPS) is 10.4. The van der Waals surface area contributed by atoms with Crippen LogP contribution < -0.4 is 4.74 Å². The molecule has 1 aromatic carbocycles. The summed E-state index contributed by atoms with van der Waals surface area (Å²) >= 11 is 3.47. The van der Waals surface area contributed by atoms with Gasteiger partial charge in [0, 0.05) is 5.33 Å². The van der Waals surface area contributed by atoms with Crippen LogP contribution in [0.1, 0.15) is 50.5 Å². The first kappa shape index (κ1) is 17.3. The first-order valence-electron chi connectivity index (χ1n) is 7.76. The maximum Gasteiger partial charge on any atom is 0.122 e. The molecule has 20 heavy (non-hydrogen) atoms. The molecule has 0 aliphatic heterocycles. The van der Waals surface area contributed by atoms with Crippen LogP contribution in [0.2, 0.25) is 0 Å². The van der Waals surface area contributed by atoms with Gasteiger partial charge in [0.25, 0.3) is 0 Å². The van der Waals surface area contributed by atoms with E-state index in [1.165, 1.54) is 44.1 Å². The monoisotopic (exact) mass is 338 g/mol. The largest absolute Gasteiger partial charge is 0.493 e. The number of alkyl halides is 1. The van der Waals surface area contributed by atoms with E-state index in [0.717, 1.165) is 30.5 Å². The molecule has 0 bridgehead atoms. The lowest BCUT2D eigenvalue weighted by atomic mass is 10.1. The number of hydrogen-bond donors (Lipinski definition) is 0. The Labute approximate surface area is 132 Å². The highest BCUT2D eigenvalue weighted by Gasteiger charge is 2.00. The zero-order chi connectivity index (χ0) is 14.5. The minimum absolute atomic E-state index is 0.829. The Morgan fingerprint density at radius 2 is 1.60 bits per heavy atom. The standard InChI is InChI=1S/C18H27BrO/c1-2-12-17-13-8-9-14-18(17)20-16-11-7-5-3-4-6-10-15-19/h2,8-9,13-14H,1,3-7,10-12,15-16H2. The molecule has 2 heteroatoms. The number of rotatable bonds is 12. The van der Waals surface area contributed by atoms with Crippen LogP contribution >= 0.6 is 15.9 Å². The third kappa shape index (κ3) is 7.74. The number of hydrogen-bond acceptors (Lipinski definition) is 1. The van der Waals surface area contributed by atoms with E-state index in [0.29, 0.717) is 0 Å². The van der Waals surface area contributed by atoms with Gasteiger partial charge in [0.1, 0.15) is 5.75 Å². The van der Waals surface area contributed by atoms with Gasteiger partial charge in [0.2, 0.25) is 0 Å². The maximum absolute atomic E-state index is 5.88. The van der Waals surface area contributed by atoms with Crippen LogP contribution in [0.15, 0.2) is 36.9 Å². The van der Waals surface area contributed by atoms with E-state index in [1.807, 2.05) is 12.1 Å². The van der Waals surface area contributed by atoms with Gasteiger partial charge in [-0.25, -0.2) is 0 Å². The average molecular weight is 339 g/mol. The molecule has 0 atom stereocenters. The van der Waals surface area contributed by atoms with Gasteiger partial charge < -0.3 is 4.74 Å². The van der Waals surface area contributed by atoms with Crippen molar-refractivity contribution in [2.75, 3.05) is 11.9 Å². The molecule has 0 amide bonds. The van der Waals surface area contributed by atoms with E-state index < -0.39 is 0 Å². The van der Waals surface area contributed by atoms with E-state index >= 15 is 0 Å². The van der Waals surface area contributed by atoms with E-state index in [4.69, 9.17) is 4.74 Å². The lowest BCUT2D eigenvalue weighted by molar-refractivity contribution is 0.302. The molecule has 0 unspecified atom stereocenters. The van der Waals surface area contributed by atoms with Crippen LogP contribution in [0.5, 0.6) is 5.75 Å². The van der Waals surface area contributed by atoms with Crippen molar-refractivity contribution in [2.45, 2.75) is 51.4 Å². The first-order valence-corrected chi connectivity index (χ1v) is 8.88. The Balaban J connectivity index is 2.08. The minimum atomic E-state index is 0.829. The molecule has 0 aliphatic carbocycles. The van der Waals surface area contributed by atoms with E-state index in [9.17, 15) is 0 Å². The van der Waals surface area contributed by atoms with Crippen molar-refractivity contribution in [1.29, 1.82) is 0 Å². The molecule has 0 heterocycles. The Bertz CT molecular complexity index is 362. The van der Waals surface area contributed by atoms with Crippen LogP contribution in [0.25, 0.3) is 0 Å². The third-order valence-corrected chi connectivity index (χ3v) is 3.93. The average Bonchev–Trinajstić information content (AvgIpc) is 2.47. The quantitative estimate of drug-likeness (QED) is 0.261. The van der Waals surface area contributed by atoms with Gasteiger partial charge in [0.05, 0.1) is 6.61 Å². The minimum Gasteiger partial charge on any atom is -0.493 e. The fourth-order valence-electron chi connectivity index (χ4n) is 2.23. The summed E-state index contributed by atoms with van der Waals surface area (Å²) < 4.78 is 5.88. The maximum atomic E-state index is 5.88. The molecule has 0 spiro atoms. The zero-order valence-electron chi connectivity index (χ0n) is 12.5. The summed E-state index contributed by atoms with van der Waals surface area (Å²) in [6.07, 6.45) is 12.0. The summed E-state index contributed by atoms with van der Waals surface area (Å²) in [4.78, 5) is 0. The molecule has 0 saturated carbocycles. The van der Waals surface area contributed by atoms with Gasteiger partial charge >= 0.3 is 0 Å². The van der Waals surface area contributed by atoms with Crippen molar-refractivity contribution < 1.29 is 4.74 Å². The molecular weight excluding hydrogens is 312 g/mol. The smallest absolute Gasteiger partial charge is 0.122 e. The molecule has 1 aromatic rings. The molecule has 0 radical (unpaired) electrons. The molecular formula is C18H27BrO. The van der Waals surface area contributed by atoms with Crippen molar-refractivity contribution in [3.63, 3.8) is 0 Å².